The van der Waals surface area contributed by atoms with Crippen molar-refractivity contribution < 1.29 is 19.5 Å². The second kappa shape index (κ2) is 3.82. The maximum absolute atomic E-state index is 2.16. The van der Waals surface area contributed by atoms with Crippen LogP contribution in [0.5, 0.6) is 0 Å². The van der Waals surface area contributed by atoms with E-state index in [4.69, 9.17) is 0 Å². The quantitative estimate of drug-likeness (QED) is 0.626. The van der Waals surface area contributed by atoms with Crippen molar-refractivity contribution in [2.45, 2.75) is 6.92 Å². The van der Waals surface area contributed by atoms with Crippen LogP contribution in [0.1, 0.15) is 5.56 Å². The third-order valence-electron chi connectivity index (χ3n) is 2.01. The van der Waals surface area contributed by atoms with Crippen LogP contribution in [0.15, 0.2) is 42.5 Å². The summed E-state index contributed by atoms with van der Waals surface area (Å²) in [7, 11) is 0. The number of fused-ring (bicyclic) bond motifs is 1. The zero-order chi connectivity index (χ0) is 7.68. The van der Waals surface area contributed by atoms with E-state index >= 15 is 0 Å². The zero-order valence-electron chi connectivity index (χ0n) is 6.95. The number of rotatable bonds is 0. The van der Waals surface area contributed by atoms with Gasteiger partial charge in [-0.25, -0.2) is 0 Å². The van der Waals surface area contributed by atoms with Gasteiger partial charge in [0.2, 0.25) is 0 Å². The Hall–Kier alpha value is -0.677. The first-order valence-electron chi connectivity index (χ1n) is 3.82. The van der Waals surface area contributed by atoms with Crippen molar-refractivity contribution in [1.29, 1.82) is 0 Å². The fourth-order valence-corrected chi connectivity index (χ4v) is 1.39. The van der Waals surface area contributed by atoms with Gasteiger partial charge in [-0.15, -0.1) is 0 Å². The number of hydrogen-bond acceptors (Lipinski definition) is 0. The van der Waals surface area contributed by atoms with Crippen LogP contribution in [0.2, 0.25) is 0 Å². The molecule has 0 aliphatic heterocycles. The molecule has 0 fully saturated rings. The van der Waals surface area contributed by atoms with Gasteiger partial charge in [0.05, 0.1) is 0 Å². The minimum atomic E-state index is 0. The summed E-state index contributed by atoms with van der Waals surface area (Å²) in [6.45, 7) is 2.14. The predicted molar refractivity (Wildman–Crippen MR) is 51.5 cm³/mol. The fourth-order valence-electron chi connectivity index (χ4n) is 1.39. The Labute approximate surface area is 85.4 Å². The summed E-state index contributed by atoms with van der Waals surface area (Å²) in [4.78, 5) is 0. The molecule has 0 atom stereocenters. The van der Waals surface area contributed by atoms with Crippen LogP contribution in [-0.2, 0) is 19.5 Å². The molecule has 0 spiro atoms. The summed E-state index contributed by atoms with van der Waals surface area (Å²) < 4.78 is 0. The van der Waals surface area contributed by atoms with Gasteiger partial charge in [-0.05, 0) is 23.3 Å². The first-order valence-corrected chi connectivity index (χ1v) is 3.82. The molecule has 0 saturated heterocycles. The molecule has 12 heavy (non-hydrogen) atoms. The van der Waals surface area contributed by atoms with Crippen LogP contribution in [0.3, 0.4) is 0 Å². The Morgan fingerprint density at radius 3 is 2.25 bits per heavy atom. The van der Waals surface area contributed by atoms with Crippen molar-refractivity contribution in [2.24, 2.45) is 0 Å². The van der Waals surface area contributed by atoms with Gasteiger partial charge in [0, 0.05) is 0 Å². The van der Waals surface area contributed by atoms with Gasteiger partial charge >= 0.3 is 19.5 Å². The summed E-state index contributed by atoms with van der Waals surface area (Å²) in [5, 5.41) is 2.68. The Morgan fingerprint density at radius 2 is 1.50 bits per heavy atom. The average Bonchev–Trinajstić information content (AvgIpc) is 2.06. The second-order valence-electron chi connectivity index (χ2n) is 2.80. The monoisotopic (exact) mass is 246 g/mol. The van der Waals surface area contributed by atoms with E-state index in [9.17, 15) is 0 Å². The third-order valence-corrected chi connectivity index (χ3v) is 2.01. The summed E-state index contributed by atoms with van der Waals surface area (Å²) in [5.74, 6) is 0. The minimum absolute atomic E-state index is 0. The molecule has 0 amide bonds. The van der Waals surface area contributed by atoms with E-state index in [2.05, 4.69) is 49.4 Å². The molecule has 0 aliphatic rings. The van der Waals surface area contributed by atoms with Gasteiger partial charge in [-0.3, -0.25) is 0 Å². The SMILES string of the molecule is Cc1cccc2ccccc12.[RuH2]. The number of benzene rings is 2. The van der Waals surface area contributed by atoms with E-state index in [0.717, 1.165) is 0 Å². The molecule has 0 bridgehead atoms. The van der Waals surface area contributed by atoms with Crippen molar-refractivity contribution in [1.82, 2.24) is 0 Å². The van der Waals surface area contributed by atoms with E-state index in [-0.39, 0.29) is 19.5 Å². The van der Waals surface area contributed by atoms with Gasteiger partial charge < -0.3 is 0 Å². The van der Waals surface area contributed by atoms with Crippen molar-refractivity contribution in [3.8, 4) is 0 Å². The van der Waals surface area contributed by atoms with Crippen LogP contribution in [0, 0.1) is 6.92 Å². The zero-order valence-corrected chi connectivity index (χ0v) is 8.96. The number of aryl methyl sites for hydroxylation is 1. The molecular formula is C11H12Ru. The molecule has 2 aromatic rings. The Bertz CT molecular complexity index is 374. The predicted octanol–water partition coefficient (Wildman–Crippen LogP) is 2.61. The molecule has 0 unspecified atom stereocenters. The maximum atomic E-state index is 2.16. The third kappa shape index (κ3) is 1.56. The molecule has 0 N–H and O–H groups in total. The van der Waals surface area contributed by atoms with Crippen molar-refractivity contribution in [3.05, 3.63) is 48.0 Å². The van der Waals surface area contributed by atoms with E-state index in [1.165, 1.54) is 16.3 Å². The van der Waals surface area contributed by atoms with Gasteiger partial charge in [0.25, 0.3) is 0 Å². The molecule has 0 heterocycles. The van der Waals surface area contributed by atoms with Gasteiger partial charge in [-0.1, -0.05) is 42.5 Å². The molecule has 64 valence electrons. The van der Waals surface area contributed by atoms with E-state index in [1.807, 2.05) is 0 Å². The molecule has 0 nitrogen and oxygen atoms in total. The van der Waals surface area contributed by atoms with E-state index in [1.54, 1.807) is 0 Å². The Balaban J connectivity index is 0.000000720. The van der Waals surface area contributed by atoms with E-state index < -0.39 is 0 Å². The van der Waals surface area contributed by atoms with Crippen LogP contribution < -0.4 is 0 Å². The Morgan fingerprint density at radius 1 is 0.833 bits per heavy atom. The van der Waals surface area contributed by atoms with Gasteiger partial charge in [0.1, 0.15) is 0 Å². The standard InChI is InChI=1S/C11H10.Ru.2H/c1-9-5-4-7-10-6-2-3-8-11(9)10;;;/h2-8H,1H3;;;. The molecule has 2 aromatic carbocycles. The summed E-state index contributed by atoms with van der Waals surface area (Å²) in [6, 6.07) is 14.8. The average molecular weight is 245 g/mol. The number of hydrogen-bond donors (Lipinski definition) is 0. The van der Waals surface area contributed by atoms with Crippen LogP contribution in [0.25, 0.3) is 10.8 Å². The summed E-state index contributed by atoms with van der Waals surface area (Å²) >= 11 is 0. The fraction of sp³-hybridized carbons (Fsp3) is 0.0909. The summed E-state index contributed by atoms with van der Waals surface area (Å²) in [5.41, 5.74) is 1.35. The summed E-state index contributed by atoms with van der Waals surface area (Å²) in [6.07, 6.45) is 0. The van der Waals surface area contributed by atoms with Gasteiger partial charge in [0.15, 0.2) is 0 Å². The molecule has 0 aliphatic carbocycles. The molecule has 2 rings (SSSR count). The molecule has 0 saturated carbocycles. The van der Waals surface area contributed by atoms with Crippen molar-refractivity contribution in [2.75, 3.05) is 0 Å². The van der Waals surface area contributed by atoms with Crippen LogP contribution in [-0.4, -0.2) is 0 Å². The molecule has 0 radical (unpaired) electrons. The molecular weight excluding hydrogens is 233 g/mol. The normalized spacial score (nSPS) is 9.42. The van der Waals surface area contributed by atoms with Crippen LogP contribution in [0.4, 0.5) is 0 Å². The first-order chi connectivity index (χ1) is 5.38. The molecule has 1 heteroatoms. The second-order valence-corrected chi connectivity index (χ2v) is 2.80. The van der Waals surface area contributed by atoms with E-state index in [0.29, 0.717) is 0 Å². The first kappa shape index (κ1) is 9.41. The van der Waals surface area contributed by atoms with Gasteiger partial charge in [-0.2, -0.15) is 0 Å². The van der Waals surface area contributed by atoms with Crippen LogP contribution >= 0.6 is 0 Å². The Kier molecular flexibility index (Phi) is 3.00. The van der Waals surface area contributed by atoms with Crippen molar-refractivity contribution in [3.63, 3.8) is 0 Å². The topological polar surface area (TPSA) is 0 Å². The van der Waals surface area contributed by atoms with Crippen molar-refractivity contribution >= 4 is 10.8 Å². The molecule has 0 aromatic heterocycles.